The summed E-state index contributed by atoms with van der Waals surface area (Å²) in [6.07, 6.45) is 2.71. The summed E-state index contributed by atoms with van der Waals surface area (Å²) >= 11 is 0. The van der Waals surface area contributed by atoms with Gasteiger partial charge >= 0.3 is 0 Å². The fraction of sp³-hybridized carbons (Fsp3) is 0.400. The molecule has 2 rings (SSSR count). The zero-order valence-corrected chi connectivity index (χ0v) is 6.75. The van der Waals surface area contributed by atoms with Crippen LogP contribution < -0.4 is 4.90 Å². The van der Waals surface area contributed by atoms with Crippen molar-refractivity contribution in [3.05, 3.63) is 30.3 Å². The molecule has 1 aliphatic rings. The minimum atomic E-state index is 0.803. The van der Waals surface area contributed by atoms with Crippen LogP contribution >= 0.6 is 0 Å². The minimum absolute atomic E-state index is 0.803. The highest BCUT2D eigenvalue weighted by molar-refractivity contribution is 5.46. The Labute approximate surface area is 67.6 Å². The molecule has 1 radical (unpaired) electrons. The van der Waals surface area contributed by atoms with Crippen LogP contribution in [0.1, 0.15) is 12.8 Å². The smallest absolute Gasteiger partial charge is 0.0366 e. The Morgan fingerprint density at radius 3 is 2.55 bits per heavy atom. The van der Waals surface area contributed by atoms with Crippen molar-refractivity contribution in [3.8, 4) is 0 Å². The third-order valence-electron chi connectivity index (χ3n) is 2.20. The Morgan fingerprint density at radius 1 is 1.36 bits per heavy atom. The Hall–Kier alpha value is -0.980. The summed E-state index contributed by atoms with van der Waals surface area (Å²) in [5.74, 6) is 0. The Morgan fingerprint density at radius 2 is 2.00 bits per heavy atom. The number of rotatable bonds is 2. The molecule has 1 aliphatic carbocycles. The van der Waals surface area contributed by atoms with Gasteiger partial charge in [0.15, 0.2) is 0 Å². The third kappa shape index (κ3) is 1.37. The zero-order valence-electron chi connectivity index (χ0n) is 6.75. The summed E-state index contributed by atoms with van der Waals surface area (Å²) < 4.78 is 0. The van der Waals surface area contributed by atoms with E-state index in [4.69, 9.17) is 0 Å². The molecule has 1 aromatic carbocycles. The van der Waals surface area contributed by atoms with Crippen LogP contribution in [0.3, 0.4) is 0 Å². The van der Waals surface area contributed by atoms with Crippen molar-refractivity contribution in [2.75, 3.05) is 11.9 Å². The van der Waals surface area contributed by atoms with E-state index in [2.05, 4.69) is 30.1 Å². The van der Waals surface area contributed by atoms with Gasteiger partial charge in [-0.15, -0.1) is 0 Å². The highest BCUT2D eigenvalue weighted by atomic mass is 15.2. The molecule has 0 aromatic heterocycles. The molecule has 11 heavy (non-hydrogen) atoms. The monoisotopic (exact) mass is 146 g/mol. The molecule has 0 saturated heterocycles. The summed E-state index contributed by atoms with van der Waals surface area (Å²) in [6, 6.07) is 12.0. The van der Waals surface area contributed by atoms with Crippen molar-refractivity contribution in [1.82, 2.24) is 0 Å². The molecular formula is C10H12N. The summed E-state index contributed by atoms with van der Waals surface area (Å²) in [4.78, 5) is 2.34. The molecule has 1 heteroatoms. The number of hydrogen-bond acceptors (Lipinski definition) is 1. The van der Waals surface area contributed by atoms with Gasteiger partial charge in [0.2, 0.25) is 0 Å². The molecule has 57 valence electrons. The van der Waals surface area contributed by atoms with Gasteiger partial charge in [0.25, 0.3) is 0 Å². The zero-order chi connectivity index (χ0) is 7.68. The first-order chi connectivity index (χ1) is 5.38. The van der Waals surface area contributed by atoms with Gasteiger partial charge in [-0.05, 0) is 31.0 Å². The van der Waals surface area contributed by atoms with Crippen molar-refractivity contribution < 1.29 is 0 Å². The lowest BCUT2D eigenvalue weighted by Crippen LogP contribution is -2.18. The van der Waals surface area contributed by atoms with E-state index in [1.807, 2.05) is 12.1 Å². The van der Waals surface area contributed by atoms with Gasteiger partial charge in [0.05, 0.1) is 0 Å². The highest BCUT2D eigenvalue weighted by Crippen LogP contribution is 2.29. The predicted molar refractivity (Wildman–Crippen MR) is 46.7 cm³/mol. The van der Waals surface area contributed by atoms with Gasteiger partial charge in [-0.1, -0.05) is 12.1 Å². The SMILES string of the molecule is CN(c1cc[c]cc1)C1CC1. The van der Waals surface area contributed by atoms with Gasteiger partial charge in [-0.25, -0.2) is 0 Å². The second-order valence-electron chi connectivity index (χ2n) is 3.10. The van der Waals surface area contributed by atoms with Crippen LogP contribution in [0.4, 0.5) is 5.69 Å². The molecule has 0 N–H and O–H groups in total. The van der Waals surface area contributed by atoms with Crippen LogP contribution in [0.5, 0.6) is 0 Å². The standard InChI is InChI=1S/C10H12N/c1-11(10-7-8-10)9-5-3-2-4-6-9/h3-6,10H,7-8H2,1H3. The summed E-state index contributed by atoms with van der Waals surface area (Å²) in [5, 5.41) is 0. The molecule has 1 nitrogen and oxygen atoms in total. The molecule has 0 unspecified atom stereocenters. The van der Waals surface area contributed by atoms with Crippen molar-refractivity contribution in [3.63, 3.8) is 0 Å². The van der Waals surface area contributed by atoms with Gasteiger partial charge in [0.1, 0.15) is 0 Å². The summed E-state index contributed by atoms with van der Waals surface area (Å²) in [5.41, 5.74) is 1.31. The van der Waals surface area contributed by atoms with Crippen molar-refractivity contribution in [1.29, 1.82) is 0 Å². The van der Waals surface area contributed by atoms with E-state index < -0.39 is 0 Å². The molecule has 0 aliphatic heterocycles. The molecule has 1 saturated carbocycles. The minimum Gasteiger partial charge on any atom is -0.372 e. The van der Waals surface area contributed by atoms with Crippen molar-refractivity contribution in [2.24, 2.45) is 0 Å². The number of benzene rings is 1. The Kier molecular flexibility index (Phi) is 1.57. The van der Waals surface area contributed by atoms with Crippen LogP contribution in [-0.4, -0.2) is 13.1 Å². The summed E-state index contributed by atoms with van der Waals surface area (Å²) in [6.45, 7) is 0. The number of anilines is 1. The lowest BCUT2D eigenvalue weighted by atomic mass is 10.3. The second kappa shape index (κ2) is 2.57. The fourth-order valence-corrected chi connectivity index (χ4v) is 1.29. The molecule has 1 fully saturated rings. The lowest BCUT2D eigenvalue weighted by Gasteiger charge is -2.17. The topological polar surface area (TPSA) is 3.24 Å². The molecular weight excluding hydrogens is 134 g/mol. The molecule has 0 atom stereocenters. The quantitative estimate of drug-likeness (QED) is 0.617. The van der Waals surface area contributed by atoms with Crippen LogP contribution in [0.25, 0.3) is 0 Å². The number of hydrogen-bond donors (Lipinski definition) is 0. The molecule has 0 amide bonds. The van der Waals surface area contributed by atoms with Crippen LogP contribution in [0.15, 0.2) is 24.3 Å². The van der Waals surface area contributed by atoms with Crippen LogP contribution in [0, 0.1) is 6.07 Å². The second-order valence-corrected chi connectivity index (χ2v) is 3.10. The van der Waals surface area contributed by atoms with Gasteiger partial charge < -0.3 is 4.90 Å². The van der Waals surface area contributed by atoms with E-state index in [-0.39, 0.29) is 0 Å². The average Bonchev–Trinajstić information content (AvgIpc) is 2.87. The maximum atomic E-state index is 3.02. The third-order valence-corrected chi connectivity index (χ3v) is 2.20. The first-order valence-corrected chi connectivity index (χ1v) is 4.07. The lowest BCUT2D eigenvalue weighted by molar-refractivity contribution is 0.917. The maximum Gasteiger partial charge on any atom is 0.0366 e. The fourth-order valence-electron chi connectivity index (χ4n) is 1.29. The number of nitrogens with zero attached hydrogens (tertiary/aromatic N) is 1. The van der Waals surface area contributed by atoms with E-state index in [0.717, 1.165) is 6.04 Å². The summed E-state index contributed by atoms with van der Waals surface area (Å²) in [7, 11) is 2.16. The Bertz CT molecular complexity index is 226. The average molecular weight is 146 g/mol. The molecule has 0 heterocycles. The molecule has 1 aromatic rings. The van der Waals surface area contributed by atoms with Crippen LogP contribution in [0.2, 0.25) is 0 Å². The van der Waals surface area contributed by atoms with E-state index in [1.54, 1.807) is 0 Å². The normalized spacial score (nSPS) is 16.5. The van der Waals surface area contributed by atoms with Crippen LogP contribution in [-0.2, 0) is 0 Å². The van der Waals surface area contributed by atoms with E-state index in [1.165, 1.54) is 18.5 Å². The molecule has 0 bridgehead atoms. The van der Waals surface area contributed by atoms with E-state index >= 15 is 0 Å². The van der Waals surface area contributed by atoms with Gasteiger partial charge in [-0.3, -0.25) is 0 Å². The van der Waals surface area contributed by atoms with Gasteiger partial charge in [0, 0.05) is 18.8 Å². The Balaban J connectivity index is 2.15. The highest BCUT2D eigenvalue weighted by Gasteiger charge is 2.25. The van der Waals surface area contributed by atoms with Crippen molar-refractivity contribution >= 4 is 5.69 Å². The van der Waals surface area contributed by atoms with Gasteiger partial charge in [-0.2, -0.15) is 0 Å². The first kappa shape index (κ1) is 6.71. The first-order valence-electron chi connectivity index (χ1n) is 4.07. The molecule has 0 spiro atoms. The predicted octanol–water partition coefficient (Wildman–Crippen LogP) is 2.09. The largest absolute Gasteiger partial charge is 0.372 e. The van der Waals surface area contributed by atoms with Crippen molar-refractivity contribution in [2.45, 2.75) is 18.9 Å². The van der Waals surface area contributed by atoms with E-state index in [0.29, 0.717) is 0 Å². The van der Waals surface area contributed by atoms with E-state index in [9.17, 15) is 0 Å². The maximum absolute atomic E-state index is 3.02.